The summed E-state index contributed by atoms with van der Waals surface area (Å²) in [6.07, 6.45) is 4.31. The first-order valence-corrected chi connectivity index (χ1v) is 10.7. The quantitative estimate of drug-likeness (QED) is 0.745. The maximum Gasteiger partial charge on any atom is 0.243 e. The van der Waals surface area contributed by atoms with Gasteiger partial charge in [0.25, 0.3) is 0 Å². The number of thioether (sulfide) groups is 1. The Bertz CT molecular complexity index is 809. The van der Waals surface area contributed by atoms with E-state index in [2.05, 4.69) is 22.4 Å². The lowest BCUT2D eigenvalue weighted by molar-refractivity contribution is -0.139. The third-order valence-electron chi connectivity index (χ3n) is 4.78. The molecule has 0 bridgehead atoms. The Balaban J connectivity index is 1.48. The SMILES string of the molecule is CC(C)(C)CC(=O)N1CSCC1C(=O)NCCCc1c[nH]c2ccccc12. The van der Waals surface area contributed by atoms with Crippen LogP contribution in [0.1, 0.15) is 39.2 Å². The molecule has 1 atom stereocenters. The van der Waals surface area contributed by atoms with Crippen LogP contribution in [0.4, 0.5) is 0 Å². The predicted octanol–water partition coefficient (Wildman–Crippen LogP) is 3.55. The Morgan fingerprint density at radius 3 is 2.85 bits per heavy atom. The Kier molecular flexibility index (Phi) is 6.15. The number of nitrogens with zero attached hydrogens (tertiary/aromatic N) is 1. The topological polar surface area (TPSA) is 65.2 Å². The lowest BCUT2D eigenvalue weighted by atomic mass is 9.91. The monoisotopic (exact) mass is 387 g/mol. The number of carbonyl (C=O) groups is 2. The summed E-state index contributed by atoms with van der Waals surface area (Å²) in [5.74, 6) is 1.35. The fourth-order valence-electron chi connectivity index (χ4n) is 3.41. The molecule has 1 aliphatic rings. The van der Waals surface area contributed by atoms with Crippen molar-refractivity contribution in [1.82, 2.24) is 15.2 Å². The predicted molar refractivity (Wildman–Crippen MR) is 112 cm³/mol. The highest BCUT2D eigenvalue weighted by atomic mass is 32.2. The molecule has 6 heteroatoms. The molecular weight excluding hydrogens is 358 g/mol. The minimum absolute atomic E-state index is 0.0267. The number of aromatic amines is 1. The third-order valence-corrected chi connectivity index (χ3v) is 5.80. The van der Waals surface area contributed by atoms with Gasteiger partial charge < -0.3 is 15.2 Å². The number of amides is 2. The van der Waals surface area contributed by atoms with Crippen molar-refractivity contribution in [1.29, 1.82) is 0 Å². The molecule has 1 fully saturated rings. The van der Waals surface area contributed by atoms with Gasteiger partial charge in [-0.3, -0.25) is 9.59 Å². The summed E-state index contributed by atoms with van der Waals surface area (Å²) < 4.78 is 0. The lowest BCUT2D eigenvalue weighted by Crippen LogP contribution is -2.48. The van der Waals surface area contributed by atoms with E-state index in [1.807, 2.05) is 39.1 Å². The van der Waals surface area contributed by atoms with Crippen molar-refractivity contribution in [2.75, 3.05) is 18.2 Å². The zero-order chi connectivity index (χ0) is 19.4. The molecule has 1 aromatic carbocycles. The number of H-pyrrole nitrogens is 1. The standard InChI is InChI=1S/C21H29N3O2S/c1-21(2,3)11-19(25)24-14-27-13-18(24)20(26)22-10-6-7-15-12-23-17-9-5-4-8-16(15)17/h4-5,8-9,12,18,23H,6-7,10-11,13-14H2,1-3H3,(H,22,26). The van der Waals surface area contributed by atoms with Gasteiger partial charge in [0.2, 0.25) is 11.8 Å². The number of para-hydroxylation sites is 1. The summed E-state index contributed by atoms with van der Waals surface area (Å²) in [7, 11) is 0. The molecular formula is C21H29N3O2S. The van der Waals surface area contributed by atoms with E-state index in [9.17, 15) is 9.59 Å². The highest BCUT2D eigenvalue weighted by Gasteiger charge is 2.35. The van der Waals surface area contributed by atoms with Gasteiger partial charge in [0.15, 0.2) is 0 Å². The second-order valence-corrected chi connectivity index (χ2v) is 9.37. The summed E-state index contributed by atoms with van der Waals surface area (Å²) in [6.45, 7) is 6.77. The van der Waals surface area contributed by atoms with E-state index in [4.69, 9.17) is 0 Å². The van der Waals surface area contributed by atoms with Crippen molar-refractivity contribution in [2.24, 2.45) is 5.41 Å². The lowest BCUT2D eigenvalue weighted by Gasteiger charge is -2.26. The summed E-state index contributed by atoms with van der Waals surface area (Å²) in [4.78, 5) is 30.1. The number of carbonyl (C=O) groups excluding carboxylic acids is 2. The van der Waals surface area contributed by atoms with Crippen LogP contribution in [0.2, 0.25) is 0 Å². The molecule has 0 aliphatic carbocycles. The molecule has 27 heavy (non-hydrogen) atoms. The average molecular weight is 388 g/mol. The Morgan fingerprint density at radius 1 is 1.30 bits per heavy atom. The summed E-state index contributed by atoms with van der Waals surface area (Å²) in [5.41, 5.74) is 2.36. The fourth-order valence-corrected chi connectivity index (χ4v) is 4.59. The van der Waals surface area contributed by atoms with Gasteiger partial charge in [-0.2, -0.15) is 0 Å². The van der Waals surface area contributed by atoms with Crippen LogP contribution in [-0.2, 0) is 16.0 Å². The van der Waals surface area contributed by atoms with E-state index < -0.39 is 0 Å². The van der Waals surface area contributed by atoms with Crippen molar-refractivity contribution < 1.29 is 9.59 Å². The number of aromatic nitrogens is 1. The van der Waals surface area contributed by atoms with Crippen molar-refractivity contribution in [3.05, 3.63) is 36.0 Å². The number of nitrogens with one attached hydrogen (secondary N) is 2. The fraction of sp³-hybridized carbons (Fsp3) is 0.524. The van der Waals surface area contributed by atoms with E-state index in [-0.39, 0.29) is 23.3 Å². The van der Waals surface area contributed by atoms with Crippen molar-refractivity contribution in [2.45, 2.75) is 46.1 Å². The van der Waals surface area contributed by atoms with E-state index >= 15 is 0 Å². The first-order valence-electron chi connectivity index (χ1n) is 9.55. The van der Waals surface area contributed by atoms with Crippen LogP contribution in [0, 0.1) is 5.41 Å². The second-order valence-electron chi connectivity index (χ2n) is 8.37. The normalized spacial score (nSPS) is 17.4. The van der Waals surface area contributed by atoms with Gasteiger partial charge in [-0.1, -0.05) is 39.0 Å². The molecule has 146 valence electrons. The Morgan fingerprint density at radius 2 is 2.07 bits per heavy atom. The number of aryl methyl sites for hydroxylation is 1. The van der Waals surface area contributed by atoms with Gasteiger partial charge >= 0.3 is 0 Å². The summed E-state index contributed by atoms with van der Waals surface area (Å²) >= 11 is 1.65. The molecule has 1 aromatic heterocycles. The molecule has 2 heterocycles. The molecule has 0 spiro atoms. The van der Waals surface area contributed by atoms with E-state index in [0.29, 0.717) is 24.6 Å². The molecule has 2 aromatic rings. The van der Waals surface area contributed by atoms with Crippen LogP contribution in [0.25, 0.3) is 10.9 Å². The molecule has 0 radical (unpaired) electrons. The molecule has 5 nitrogen and oxygen atoms in total. The van der Waals surface area contributed by atoms with Crippen molar-refractivity contribution >= 4 is 34.5 Å². The first kappa shape index (κ1) is 19.8. The third kappa shape index (κ3) is 5.06. The minimum Gasteiger partial charge on any atom is -0.361 e. The number of fused-ring (bicyclic) bond motifs is 1. The van der Waals surface area contributed by atoms with Gasteiger partial charge in [0.1, 0.15) is 6.04 Å². The van der Waals surface area contributed by atoms with Gasteiger partial charge in [0.05, 0.1) is 5.88 Å². The Hall–Kier alpha value is -1.95. The number of hydrogen-bond donors (Lipinski definition) is 2. The van der Waals surface area contributed by atoms with Crippen LogP contribution < -0.4 is 5.32 Å². The molecule has 2 amide bonds. The van der Waals surface area contributed by atoms with E-state index in [1.165, 1.54) is 10.9 Å². The molecule has 1 unspecified atom stereocenters. The Labute approximate surface area is 165 Å². The number of hydrogen-bond acceptors (Lipinski definition) is 3. The summed E-state index contributed by atoms with van der Waals surface area (Å²) in [6, 6.07) is 7.92. The zero-order valence-electron chi connectivity index (χ0n) is 16.4. The maximum atomic E-state index is 12.6. The van der Waals surface area contributed by atoms with Crippen LogP contribution in [0.3, 0.4) is 0 Å². The van der Waals surface area contributed by atoms with E-state index in [1.54, 1.807) is 16.7 Å². The number of benzene rings is 1. The van der Waals surface area contributed by atoms with E-state index in [0.717, 1.165) is 18.4 Å². The van der Waals surface area contributed by atoms with Gasteiger partial charge in [0, 0.05) is 35.8 Å². The highest BCUT2D eigenvalue weighted by molar-refractivity contribution is 7.99. The van der Waals surface area contributed by atoms with Gasteiger partial charge in [-0.15, -0.1) is 11.8 Å². The second kappa shape index (κ2) is 8.38. The molecule has 1 saturated heterocycles. The maximum absolute atomic E-state index is 12.6. The summed E-state index contributed by atoms with van der Waals surface area (Å²) in [5, 5.41) is 4.27. The van der Waals surface area contributed by atoms with Gasteiger partial charge in [-0.25, -0.2) is 0 Å². The van der Waals surface area contributed by atoms with Crippen LogP contribution >= 0.6 is 11.8 Å². The van der Waals surface area contributed by atoms with Crippen LogP contribution in [0.5, 0.6) is 0 Å². The van der Waals surface area contributed by atoms with Crippen molar-refractivity contribution in [3.8, 4) is 0 Å². The smallest absolute Gasteiger partial charge is 0.243 e. The molecule has 2 N–H and O–H groups in total. The number of rotatable bonds is 6. The van der Waals surface area contributed by atoms with Crippen LogP contribution in [-0.4, -0.2) is 45.9 Å². The molecule has 3 rings (SSSR count). The highest BCUT2D eigenvalue weighted by Crippen LogP contribution is 2.26. The molecule has 0 saturated carbocycles. The van der Waals surface area contributed by atoms with Crippen LogP contribution in [0.15, 0.2) is 30.5 Å². The molecule has 1 aliphatic heterocycles. The first-order chi connectivity index (χ1) is 12.8. The van der Waals surface area contributed by atoms with Crippen molar-refractivity contribution in [3.63, 3.8) is 0 Å². The van der Waals surface area contributed by atoms with Gasteiger partial charge in [-0.05, 0) is 29.9 Å². The average Bonchev–Trinajstić information content (AvgIpc) is 3.24. The largest absolute Gasteiger partial charge is 0.361 e. The zero-order valence-corrected chi connectivity index (χ0v) is 17.2. The minimum atomic E-state index is -0.335.